The van der Waals surface area contributed by atoms with Gasteiger partial charge in [-0.05, 0) is 43.4 Å². The maximum Gasteiger partial charge on any atom is 0.307 e. The van der Waals surface area contributed by atoms with E-state index < -0.39 is 5.97 Å². The number of rotatable bonds is 18. The largest absolute Gasteiger partial charge is 0.481 e. The first kappa shape index (κ1) is 28.7. The van der Waals surface area contributed by atoms with Gasteiger partial charge in [0.1, 0.15) is 0 Å². The first-order chi connectivity index (χ1) is 14.2. The summed E-state index contributed by atoms with van der Waals surface area (Å²) in [5.41, 5.74) is 0.00316. The Bertz CT molecular complexity index is 476. The lowest BCUT2D eigenvalue weighted by Gasteiger charge is -2.28. The van der Waals surface area contributed by atoms with Crippen LogP contribution in [0.1, 0.15) is 118 Å². The molecule has 2 unspecified atom stereocenters. The van der Waals surface area contributed by atoms with E-state index in [0.29, 0.717) is 12.8 Å². The molecule has 0 heterocycles. The normalized spacial score (nSPS) is 14.0. The van der Waals surface area contributed by atoms with Crippen LogP contribution < -0.4 is 0 Å². The van der Waals surface area contributed by atoms with Gasteiger partial charge in [-0.1, -0.05) is 91.2 Å². The summed E-state index contributed by atoms with van der Waals surface area (Å²) in [5, 5.41) is 9.88. The summed E-state index contributed by atoms with van der Waals surface area (Å²) in [4.78, 5) is 23.2. The number of aliphatic carboxylic acids is 1. The van der Waals surface area contributed by atoms with Gasteiger partial charge in [0.15, 0.2) is 0 Å². The van der Waals surface area contributed by atoms with Gasteiger partial charge in [0, 0.05) is 6.42 Å². The second-order valence-corrected chi connectivity index (χ2v) is 9.89. The van der Waals surface area contributed by atoms with Crippen LogP contribution in [0.3, 0.4) is 0 Å². The molecule has 4 heteroatoms. The van der Waals surface area contributed by atoms with Gasteiger partial charge in [-0.15, -0.1) is 0 Å². The van der Waals surface area contributed by atoms with Crippen molar-refractivity contribution in [2.45, 2.75) is 118 Å². The van der Waals surface area contributed by atoms with E-state index in [-0.39, 0.29) is 23.2 Å². The average molecular weight is 425 g/mol. The van der Waals surface area contributed by atoms with Crippen molar-refractivity contribution in [3.8, 4) is 0 Å². The highest BCUT2D eigenvalue weighted by Gasteiger charge is 2.30. The Morgan fingerprint density at radius 3 is 2.13 bits per heavy atom. The maximum atomic E-state index is 12.0. The second-order valence-electron chi connectivity index (χ2n) is 9.89. The number of carbonyl (C=O) groups excluding carboxylic acids is 1. The third kappa shape index (κ3) is 16.5. The van der Waals surface area contributed by atoms with Crippen molar-refractivity contribution in [1.82, 2.24) is 0 Å². The second kappa shape index (κ2) is 17.4. The summed E-state index contributed by atoms with van der Waals surface area (Å²) in [5.74, 6) is -1.02. The standard InChI is InChI=1S/C26H48O4/c1-6-7-8-9-10-12-15-18-22(23(25(28)29)21-26(2,3)4)19-16-13-11-14-17-20-24(27)30-5/h15,18,22-23H,6-14,16-17,19-21H2,1-5H3,(H,28,29)/b18-15+. The fraction of sp³-hybridized carbons (Fsp3) is 0.846. The molecule has 0 bridgehead atoms. The Hall–Kier alpha value is -1.32. The van der Waals surface area contributed by atoms with Crippen molar-refractivity contribution in [2.75, 3.05) is 7.11 Å². The zero-order chi connectivity index (χ0) is 22.8. The Balaban J connectivity index is 4.58. The third-order valence-corrected chi connectivity index (χ3v) is 5.67. The fourth-order valence-electron chi connectivity index (χ4n) is 3.93. The van der Waals surface area contributed by atoms with E-state index in [9.17, 15) is 14.7 Å². The van der Waals surface area contributed by atoms with Crippen molar-refractivity contribution in [3.63, 3.8) is 0 Å². The van der Waals surface area contributed by atoms with Gasteiger partial charge in [-0.3, -0.25) is 9.59 Å². The molecule has 0 aromatic rings. The maximum absolute atomic E-state index is 12.0. The van der Waals surface area contributed by atoms with E-state index in [4.69, 9.17) is 0 Å². The van der Waals surface area contributed by atoms with Crippen LogP contribution in [0.25, 0.3) is 0 Å². The molecular formula is C26H48O4. The van der Waals surface area contributed by atoms with Crippen LogP contribution in [0, 0.1) is 17.3 Å². The Morgan fingerprint density at radius 2 is 1.53 bits per heavy atom. The van der Waals surface area contributed by atoms with Gasteiger partial charge in [0.2, 0.25) is 0 Å². The quantitative estimate of drug-likeness (QED) is 0.140. The summed E-state index contributed by atoms with van der Waals surface area (Å²) in [6.45, 7) is 8.60. The van der Waals surface area contributed by atoms with Gasteiger partial charge in [0.25, 0.3) is 0 Å². The molecule has 0 aliphatic carbocycles. The molecule has 2 atom stereocenters. The molecule has 0 aliphatic heterocycles. The molecule has 1 N–H and O–H groups in total. The number of methoxy groups -OCH3 is 1. The number of carbonyl (C=O) groups is 2. The number of carboxylic acids is 1. The van der Waals surface area contributed by atoms with Crippen LogP contribution in [0.5, 0.6) is 0 Å². The zero-order valence-corrected chi connectivity index (χ0v) is 20.4. The number of hydrogen-bond donors (Lipinski definition) is 1. The zero-order valence-electron chi connectivity index (χ0n) is 20.4. The first-order valence-electron chi connectivity index (χ1n) is 12.2. The van der Waals surface area contributed by atoms with E-state index in [1.165, 1.54) is 39.2 Å². The van der Waals surface area contributed by atoms with E-state index in [2.05, 4.69) is 44.6 Å². The Labute approximate surface area is 185 Å². The predicted molar refractivity (Wildman–Crippen MR) is 126 cm³/mol. The number of unbranched alkanes of at least 4 members (excludes halogenated alkanes) is 9. The van der Waals surface area contributed by atoms with E-state index in [1.54, 1.807) is 0 Å². The predicted octanol–water partition coefficient (Wildman–Crippen LogP) is 7.56. The van der Waals surface area contributed by atoms with Gasteiger partial charge >= 0.3 is 11.9 Å². The third-order valence-electron chi connectivity index (χ3n) is 5.67. The molecular weight excluding hydrogens is 376 g/mol. The minimum Gasteiger partial charge on any atom is -0.481 e. The summed E-state index contributed by atoms with van der Waals surface area (Å²) >= 11 is 0. The number of ether oxygens (including phenoxy) is 1. The van der Waals surface area contributed by atoms with Gasteiger partial charge < -0.3 is 9.84 Å². The lowest BCUT2D eigenvalue weighted by Crippen LogP contribution is -2.27. The SMILES string of the molecule is CCCCCCC/C=C/C(CCCCCCCC(=O)OC)C(CC(C)(C)C)C(=O)O. The molecule has 0 fully saturated rings. The van der Waals surface area contributed by atoms with Crippen molar-refractivity contribution < 1.29 is 19.4 Å². The van der Waals surface area contributed by atoms with E-state index >= 15 is 0 Å². The highest BCUT2D eigenvalue weighted by Crippen LogP contribution is 2.33. The molecule has 4 nitrogen and oxygen atoms in total. The average Bonchev–Trinajstić information content (AvgIpc) is 2.68. The minimum absolute atomic E-state index is 0.00316. The van der Waals surface area contributed by atoms with Crippen molar-refractivity contribution in [3.05, 3.63) is 12.2 Å². The van der Waals surface area contributed by atoms with Crippen LogP contribution in [-0.4, -0.2) is 24.2 Å². The summed E-state index contributed by atoms with van der Waals surface area (Å²) in [6, 6.07) is 0. The minimum atomic E-state index is -0.666. The summed E-state index contributed by atoms with van der Waals surface area (Å²) in [7, 11) is 1.43. The van der Waals surface area contributed by atoms with Crippen molar-refractivity contribution >= 4 is 11.9 Å². The molecule has 0 rings (SSSR count). The highest BCUT2D eigenvalue weighted by molar-refractivity contribution is 5.70. The number of carboxylic acid groups (broad SMARTS) is 1. The van der Waals surface area contributed by atoms with Crippen LogP contribution in [0.2, 0.25) is 0 Å². The smallest absolute Gasteiger partial charge is 0.307 e. The van der Waals surface area contributed by atoms with E-state index in [1.807, 2.05) is 0 Å². The molecule has 0 spiro atoms. The lowest BCUT2D eigenvalue weighted by atomic mass is 9.76. The molecule has 0 saturated carbocycles. The van der Waals surface area contributed by atoms with Gasteiger partial charge in [0.05, 0.1) is 13.0 Å². The number of hydrogen-bond acceptors (Lipinski definition) is 3. The molecule has 0 radical (unpaired) electrons. The lowest BCUT2D eigenvalue weighted by molar-refractivity contribution is -0.144. The van der Waals surface area contributed by atoms with Crippen molar-refractivity contribution in [1.29, 1.82) is 0 Å². The first-order valence-corrected chi connectivity index (χ1v) is 12.2. The summed E-state index contributed by atoms with van der Waals surface area (Å²) in [6.07, 6.45) is 19.0. The van der Waals surface area contributed by atoms with Crippen LogP contribution in [0.15, 0.2) is 12.2 Å². The molecule has 0 aliphatic rings. The van der Waals surface area contributed by atoms with E-state index in [0.717, 1.165) is 44.9 Å². The fourth-order valence-corrected chi connectivity index (χ4v) is 3.93. The monoisotopic (exact) mass is 424 g/mol. The Morgan fingerprint density at radius 1 is 0.933 bits per heavy atom. The number of allylic oxidation sites excluding steroid dienone is 2. The van der Waals surface area contributed by atoms with Crippen LogP contribution >= 0.6 is 0 Å². The molecule has 0 aromatic heterocycles. The molecule has 0 aromatic carbocycles. The molecule has 30 heavy (non-hydrogen) atoms. The van der Waals surface area contributed by atoms with Crippen LogP contribution in [-0.2, 0) is 14.3 Å². The topological polar surface area (TPSA) is 63.6 Å². The molecule has 176 valence electrons. The van der Waals surface area contributed by atoms with Gasteiger partial charge in [-0.2, -0.15) is 0 Å². The number of esters is 1. The molecule has 0 amide bonds. The molecule has 0 saturated heterocycles. The Kier molecular flexibility index (Phi) is 16.6. The highest BCUT2D eigenvalue weighted by atomic mass is 16.5. The summed E-state index contributed by atoms with van der Waals surface area (Å²) < 4.78 is 4.67. The van der Waals surface area contributed by atoms with Crippen molar-refractivity contribution in [2.24, 2.45) is 17.3 Å². The van der Waals surface area contributed by atoms with Gasteiger partial charge in [-0.25, -0.2) is 0 Å². The van der Waals surface area contributed by atoms with Crippen LogP contribution in [0.4, 0.5) is 0 Å².